The van der Waals surface area contributed by atoms with Gasteiger partial charge in [0.15, 0.2) is 0 Å². The second-order valence-corrected chi connectivity index (χ2v) is 5.32. The third-order valence-electron chi connectivity index (χ3n) is 3.61. The van der Waals surface area contributed by atoms with Crippen molar-refractivity contribution in [2.24, 2.45) is 0 Å². The largest absolute Gasteiger partial charge is 0.480 e. The summed E-state index contributed by atoms with van der Waals surface area (Å²) in [6, 6.07) is 13.3. The number of rotatable bonds is 4. The lowest BCUT2D eigenvalue weighted by molar-refractivity contribution is -0.138. The van der Waals surface area contributed by atoms with E-state index in [0.29, 0.717) is 27.9 Å². The minimum atomic E-state index is -1.09. The Bertz CT molecular complexity index is 910. The van der Waals surface area contributed by atoms with Crippen molar-refractivity contribution in [2.45, 2.75) is 13.0 Å². The summed E-state index contributed by atoms with van der Waals surface area (Å²) in [5.41, 5.74) is 2.22. The average Bonchev–Trinajstić information content (AvgIpc) is 2.61. The fourth-order valence-electron chi connectivity index (χ4n) is 2.34. The summed E-state index contributed by atoms with van der Waals surface area (Å²) in [7, 11) is 0. The first-order valence-electron chi connectivity index (χ1n) is 7.41. The molecule has 0 aliphatic carbocycles. The van der Waals surface area contributed by atoms with Crippen LogP contribution in [-0.4, -0.2) is 33.0 Å². The van der Waals surface area contributed by atoms with Crippen LogP contribution >= 0.6 is 0 Å². The molecule has 3 aromatic rings. The Morgan fingerprint density at radius 3 is 2.54 bits per heavy atom. The van der Waals surface area contributed by atoms with Gasteiger partial charge in [-0.1, -0.05) is 24.3 Å². The van der Waals surface area contributed by atoms with Crippen LogP contribution in [0.1, 0.15) is 17.3 Å². The van der Waals surface area contributed by atoms with E-state index in [0.717, 1.165) is 0 Å². The van der Waals surface area contributed by atoms with Crippen LogP contribution < -0.4 is 5.32 Å². The smallest absolute Gasteiger partial charge is 0.325 e. The highest BCUT2D eigenvalue weighted by Gasteiger charge is 2.18. The molecule has 0 aliphatic heterocycles. The zero-order valence-corrected chi connectivity index (χ0v) is 12.9. The van der Waals surface area contributed by atoms with Crippen LogP contribution in [0.15, 0.2) is 54.7 Å². The van der Waals surface area contributed by atoms with Crippen LogP contribution in [0.3, 0.4) is 0 Å². The molecule has 1 atom stereocenters. The second kappa shape index (κ2) is 6.45. The fourth-order valence-corrected chi connectivity index (χ4v) is 2.34. The Labute approximate surface area is 138 Å². The topological polar surface area (TPSA) is 92.2 Å². The van der Waals surface area contributed by atoms with Gasteiger partial charge in [-0.15, -0.1) is 0 Å². The van der Waals surface area contributed by atoms with Gasteiger partial charge in [0.25, 0.3) is 5.91 Å². The van der Waals surface area contributed by atoms with Crippen LogP contribution in [0.2, 0.25) is 0 Å². The van der Waals surface area contributed by atoms with Gasteiger partial charge >= 0.3 is 5.97 Å². The summed E-state index contributed by atoms with van der Waals surface area (Å²) in [4.78, 5) is 32.3. The van der Waals surface area contributed by atoms with Crippen molar-refractivity contribution in [2.75, 3.05) is 0 Å². The summed E-state index contributed by atoms with van der Waals surface area (Å²) < 4.78 is 0. The van der Waals surface area contributed by atoms with E-state index in [1.165, 1.54) is 6.92 Å². The number of amides is 1. The summed E-state index contributed by atoms with van der Waals surface area (Å²) >= 11 is 0. The lowest BCUT2D eigenvalue weighted by Crippen LogP contribution is -2.38. The van der Waals surface area contributed by atoms with Crippen LogP contribution in [-0.2, 0) is 4.79 Å². The Kier molecular flexibility index (Phi) is 4.20. The molecule has 24 heavy (non-hydrogen) atoms. The number of carbonyl (C=O) groups excluding carboxylic acids is 1. The maximum Gasteiger partial charge on any atom is 0.325 e. The molecule has 3 rings (SSSR count). The number of benzene rings is 1. The number of nitrogens with zero attached hydrogens (tertiary/aromatic N) is 2. The van der Waals surface area contributed by atoms with Gasteiger partial charge in [0.05, 0.1) is 22.5 Å². The van der Waals surface area contributed by atoms with Crippen LogP contribution in [0.4, 0.5) is 0 Å². The van der Waals surface area contributed by atoms with Gasteiger partial charge in [-0.3, -0.25) is 14.6 Å². The highest BCUT2D eigenvalue weighted by atomic mass is 16.4. The monoisotopic (exact) mass is 321 g/mol. The number of pyridine rings is 2. The van der Waals surface area contributed by atoms with Crippen molar-refractivity contribution in [3.63, 3.8) is 0 Å². The van der Waals surface area contributed by atoms with E-state index in [1.807, 2.05) is 18.2 Å². The van der Waals surface area contributed by atoms with Gasteiger partial charge in [0.2, 0.25) is 0 Å². The van der Waals surface area contributed by atoms with Crippen molar-refractivity contribution < 1.29 is 14.7 Å². The number of carbonyl (C=O) groups is 2. The number of aliphatic carboxylic acids is 1. The Balaban J connectivity index is 2.11. The molecular weight excluding hydrogens is 306 g/mol. The summed E-state index contributed by atoms with van der Waals surface area (Å²) in [5.74, 6) is -1.55. The van der Waals surface area contributed by atoms with Crippen molar-refractivity contribution in [3.05, 3.63) is 60.3 Å². The first-order chi connectivity index (χ1) is 11.6. The lowest BCUT2D eigenvalue weighted by Gasteiger charge is -2.12. The van der Waals surface area contributed by atoms with Gasteiger partial charge in [-0.25, -0.2) is 4.98 Å². The van der Waals surface area contributed by atoms with Gasteiger partial charge in [-0.2, -0.15) is 0 Å². The Morgan fingerprint density at radius 1 is 1.08 bits per heavy atom. The third-order valence-corrected chi connectivity index (χ3v) is 3.61. The Morgan fingerprint density at radius 2 is 1.83 bits per heavy atom. The maximum atomic E-state index is 12.5. The fraction of sp³-hybridized carbons (Fsp3) is 0.111. The molecule has 6 nitrogen and oxygen atoms in total. The Hall–Kier alpha value is -3.28. The van der Waals surface area contributed by atoms with E-state index in [2.05, 4.69) is 15.3 Å². The molecule has 6 heteroatoms. The summed E-state index contributed by atoms with van der Waals surface area (Å²) in [5, 5.41) is 12.1. The summed E-state index contributed by atoms with van der Waals surface area (Å²) in [6.07, 6.45) is 1.65. The first-order valence-corrected chi connectivity index (χ1v) is 7.41. The van der Waals surface area contributed by atoms with E-state index >= 15 is 0 Å². The molecule has 1 aromatic carbocycles. The number of hydrogen-bond donors (Lipinski definition) is 2. The van der Waals surface area contributed by atoms with Crippen LogP contribution in [0, 0.1) is 0 Å². The van der Waals surface area contributed by atoms with Crippen LogP contribution in [0.5, 0.6) is 0 Å². The molecule has 2 N–H and O–H groups in total. The number of fused-ring (bicyclic) bond motifs is 1. The van der Waals surface area contributed by atoms with E-state index in [4.69, 9.17) is 5.11 Å². The number of hydrogen-bond acceptors (Lipinski definition) is 4. The summed E-state index contributed by atoms with van der Waals surface area (Å²) in [6.45, 7) is 1.42. The molecule has 0 saturated carbocycles. The predicted octanol–water partition coefficient (Wildman–Crippen LogP) is 2.50. The zero-order chi connectivity index (χ0) is 17.1. The molecular formula is C18H15N3O3. The van der Waals surface area contributed by atoms with Crippen LogP contribution in [0.25, 0.3) is 22.3 Å². The van der Waals surface area contributed by atoms with Crippen molar-refractivity contribution >= 4 is 22.8 Å². The van der Waals surface area contributed by atoms with Gasteiger partial charge in [0.1, 0.15) is 6.04 Å². The van der Waals surface area contributed by atoms with Gasteiger partial charge < -0.3 is 10.4 Å². The number of carboxylic acids is 1. The highest BCUT2D eigenvalue weighted by molar-refractivity contribution is 6.08. The second-order valence-electron chi connectivity index (χ2n) is 5.32. The molecule has 120 valence electrons. The minimum absolute atomic E-state index is 0.370. The van der Waals surface area contributed by atoms with Crippen molar-refractivity contribution in [1.82, 2.24) is 15.3 Å². The van der Waals surface area contributed by atoms with Crippen molar-refractivity contribution in [1.29, 1.82) is 0 Å². The molecule has 0 bridgehead atoms. The van der Waals surface area contributed by atoms with Gasteiger partial charge in [0, 0.05) is 11.6 Å². The predicted molar refractivity (Wildman–Crippen MR) is 89.5 cm³/mol. The molecule has 2 heterocycles. The molecule has 0 saturated heterocycles. The molecule has 0 radical (unpaired) electrons. The highest BCUT2D eigenvalue weighted by Crippen LogP contribution is 2.23. The quantitative estimate of drug-likeness (QED) is 0.770. The zero-order valence-electron chi connectivity index (χ0n) is 12.9. The van der Waals surface area contributed by atoms with E-state index in [9.17, 15) is 9.59 Å². The first kappa shape index (κ1) is 15.6. The normalized spacial score (nSPS) is 11.9. The van der Waals surface area contributed by atoms with Crippen molar-refractivity contribution in [3.8, 4) is 11.4 Å². The van der Waals surface area contributed by atoms with E-state index < -0.39 is 17.9 Å². The standard InChI is InChI=1S/C18H15N3O3/c1-11(18(23)24)20-17(22)13-10-16(15-8-4-5-9-19-15)21-14-7-3-2-6-12(13)14/h2-11H,1H3,(H,20,22)(H,23,24)/t11-/m0/s1. The molecule has 0 spiro atoms. The number of nitrogens with one attached hydrogen (secondary N) is 1. The van der Waals surface area contributed by atoms with Gasteiger partial charge in [-0.05, 0) is 31.2 Å². The third kappa shape index (κ3) is 3.08. The molecule has 0 unspecified atom stereocenters. The number of aromatic nitrogens is 2. The minimum Gasteiger partial charge on any atom is -0.480 e. The maximum absolute atomic E-state index is 12.5. The van der Waals surface area contributed by atoms with E-state index in [-0.39, 0.29) is 0 Å². The molecule has 0 aliphatic rings. The average molecular weight is 321 g/mol. The number of para-hydroxylation sites is 1. The number of carboxylic acid groups (broad SMARTS) is 1. The molecule has 1 amide bonds. The molecule has 0 fully saturated rings. The molecule has 2 aromatic heterocycles. The van der Waals surface area contributed by atoms with E-state index in [1.54, 1.807) is 36.5 Å². The SMILES string of the molecule is C[C@H](NC(=O)c1cc(-c2ccccn2)nc2ccccc12)C(=O)O. The lowest BCUT2D eigenvalue weighted by atomic mass is 10.1.